The van der Waals surface area contributed by atoms with E-state index >= 15 is 0 Å². The van der Waals surface area contributed by atoms with Crippen LogP contribution < -0.4 is 5.32 Å². The van der Waals surface area contributed by atoms with E-state index in [-0.39, 0.29) is 24.1 Å². The second-order valence-electron chi connectivity index (χ2n) is 5.12. The highest BCUT2D eigenvalue weighted by atomic mass is 16.4. The molecule has 0 spiro atoms. The summed E-state index contributed by atoms with van der Waals surface area (Å²) in [5.74, 6) is -0.568. The van der Waals surface area contributed by atoms with E-state index in [0.29, 0.717) is 22.8 Å². The molecule has 0 aliphatic rings. The highest BCUT2D eigenvalue weighted by molar-refractivity contribution is 5.95. The molecule has 0 fully saturated rings. The number of amides is 1. The van der Waals surface area contributed by atoms with Gasteiger partial charge in [0.25, 0.3) is 5.91 Å². The van der Waals surface area contributed by atoms with Crippen LogP contribution in [0.4, 0.5) is 0 Å². The van der Waals surface area contributed by atoms with E-state index in [2.05, 4.69) is 15.3 Å². The molecule has 0 unspecified atom stereocenters. The van der Waals surface area contributed by atoms with Crippen molar-refractivity contribution in [2.24, 2.45) is 0 Å². The number of aromatic nitrogens is 2. The first-order valence-electron chi connectivity index (χ1n) is 6.82. The summed E-state index contributed by atoms with van der Waals surface area (Å²) in [6.07, 6.45) is 1.50. The summed E-state index contributed by atoms with van der Waals surface area (Å²) in [4.78, 5) is 31.3. The van der Waals surface area contributed by atoms with Crippen LogP contribution >= 0.6 is 0 Å². The molecular weight excluding hydrogens is 286 g/mol. The van der Waals surface area contributed by atoms with Gasteiger partial charge in [-0.15, -0.1) is 0 Å². The Balaban J connectivity index is 2.10. The Hall–Kier alpha value is -2.70. The summed E-state index contributed by atoms with van der Waals surface area (Å²) in [6.45, 7) is 5.76. The lowest BCUT2D eigenvalue weighted by molar-refractivity contribution is 0.0660. The number of hydrogen-bond donors (Lipinski definition) is 2. The molecule has 0 atom stereocenters. The van der Waals surface area contributed by atoms with Gasteiger partial charge in [-0.1, -0.05) is 13.8 Å². The highest BCUT2D eigenvalue weighted by Gasteiger charge is 2.17. The predicted octanol–water partition coefficient (Wildman–Crippen LogP) is 2.13. The van der Waals surface area contributed by atoms with Gasteiger partial charge in [0.15, 0.2) is 0 Å². The molecule has 0 saturated carbocycles. The Morgan fingerprint density at radius 2 is 2.09 bits per heavy atom. The molecule has 7 nitrogen and oxygen atoms in total. The number of carboxylic acids is 1. The Bertz CT molecular complexity index is 707. The second kappa shape index (κ2) is 6.38. The number of carbonyl (C=O) groups is 2. The molecule has 2 aromatic rings. The van der Waals surface area contributed by atoms with Crippen LogP contribution in [0.5, 0.6) is 0 Å². The fraction of sp³-hybridized carbons (Fsp3) is 0.333. The summed E-state index contributed by atoms with van der Waals surface area (Å²) in [6, 6.07) is 2.86. The fourth-order valence-corrected chi connectivity index (χ4v) is 1.95. The lowest BCUT2D eigenvalue weighted by Gasteiger charge is -2.11. The van der Waals surface area contributed by atoms with Gasteiger partial charge in [0.1, 0.15) is 11.6 Å². The minimum Gasteiger partial charge on any atom is -0.475 e. The third kappa shape index (κ3) is 3.49. The maximum atomic E-state index is 12.2. The van der Waals surface area contributed by atoms with Gasteiger partial charge in [-0.05, 0) is 25.0 Å². The van der Waals surface area contributed by atoms with Crippen LogP contribution in [0.3, 0.4) is 0 Å². The van der Waals surface area contributed by atoms with Crippen LogP contribution in [0, 0.1) is 6.92 Å². The summed E-state index contributed by atoms with van der Waals surface area (Å²) >= 11 is 0. The number of aryl methyl sites for hydroxylation is 1. The highest BCUT2D eigenvalue weighted by Crippen LogP contribution is 2.16. The van der Waals surface area contributed by atoms with Crippen LogP contribution in [0.1, 0.15) is 58.0 Å². The number of aromatic carboxylic acids is 1. The molecule has 2 rings (SSSR count). The maximum Gasteiger partial charge on any atom is 0.371 e. The SMILES string of the molecule is Cc1ncc(C(=O)NCc2ccc(C(=O)O)o2)c(C(C)C)n1. The van der Waals surface area contributed by atoms with Crippen molar-refractivity contribution in [3.05, 3.63) is 46.9 Å². The van der Waals surface area contributed by atoms with Crippen LogP contribution in [0.15, 0.2) is 22.7 Å². The fourth-order valence-electron chi connectivity index (χ4n) is 1.95. The van der Waals surface area contributed by atoms with Crippen LogP contribution in [-0.2, 0) is 6.54 Å². The predicted molar refractivity (Wildman–Crippen MR) is 77.7 cm³/mol. The van der Waals surface area contributed by atoms with Crippen LogP contribution in [0.25, 0.3) is 0 Å². The first-order chi connectivity index (χ1) is 10.4. The van der Waals surface area contributed by atoms with Gasteiger partial charge in [0.2, 0.25) is 5.76 Å². The molecule has 0 aliphatic carbocycles. The van der Waals surface area contributed by atoms with E-state index < -0.39 is 5.97 Å². The van der Waals surface area contributed by atoms with Crippen LogP contribution in [-0.4, -0.2) is 27.0 Å². The first-order valence-corrected chi connectivity index (χ1v) is 6.82. The van der Waals surface area contributed by atoms with Crippen LogP contribution in [0.2, 0.25) is 0 Å². The van der Waals surface area contributed by atoms with E-state index in [1.807, 2.05) is 13.8 Å². The minimum atomic E-state index is -1.15. The largest absolute Gasteiger partial charge is 0.475 e. The summed E-state index contributed by atoms with van der Waals surface area (Å²) in [5.41, 5.74) is 1.08. The van der Waals surface area contributed by atoms with Gasteiger partial charge in [-0.3, -0.25) is 4.79 Å². The number of hydrogen-bond acceptors (Lipinski definition) is 5. The molecule has 116 valence electrons. The zero-order valence-electron chi connectivity index (χ0n) is 12.6. The zero-order valence-corrected chi connectivity index (χ0v) is 12.6. The van der Waals surface area contributed by atoms with Crippen molar-refractivity contribution in [3.63, 3.8) is 0 Å². The monoisotopic (exact) mass is 303 g/mol. The molecule has 0 aromatic carbocycles. The minimum absolute atomic E-state index is 0.0877. The first kappa shape index (κ1) is 15.7. The molecule has 0 saturated heterocycles. The van der Waals surface area contributed by atoms with Gasteiger partial charge in [-0.2, -0.15) is 0 Å². The number of rotatable bonds is 5. The lowest BCUT2D eigenvalue weighted by atomic mass is 10.0. The number of nitrogens with zero attached hydrogens (tertiary/aromatic N) is 2. The van der Waals surface area contributed by atoms with Gasteiger partial charge in [0, 0.05) is 6.20 Å². The van der Waals surface area contributed by atoms with Crippen molar-refractivity contribution < 1.29 is 19.1 Å². The van der Waals surface area contributed by atoms with E-state index in [9.17, 15) is 9.59 Å². The van der Waals surface area contributed by atoms with Crippen molar-refractivity contribution in [2.75, 3.05) is 0 Å². The van der Waals surface area contributed by atoms with Crippen molar-refractivity contribution in [1.82, 2.24) is 15.3 Å². The summed E-state index contributed by atoms with van der Waals surface area (Å²) in [7, 11) is 0. The molecule has 22 heavy (non-hydrogen) atoms. The maximum absolute atomic E-state index is 12.2. The Labute approximate surface area is 127 Å². The topological polar surface area (TPSA) is 105 Å². The normalized spacial score (nSPS) is 10.7. The molecular formula is C15H17N3O4. The smallest absolute Gasteiger partial charge is 0.371 e. The number of carbonyl (C=O) groups excluding carboxylic acids is 1. The third-order valence-electron chi connectivity index (χ3n) is 3.03. The lowest BCUT2D eigenvalue weighted by Crippen LogP contribution is -2.25. The quantitative estimate of drug-likeness (QED) is 0.876. The number of furan rings is 1. The average molecular weight is 303 g/mol. The standard InChI is InChI=1S/C15H17N3O4/c1-8(2)13-11(7-16-9(3)18-13)14(19)17-6-10-4-5-12(22-10)15(20)21/h4-5,7-8H,6H2,1-3H3,(H,17,19)(H,20,21). The second-order valence-corrected chi connectivity index (χ2v) is 5.12. The Morgan fingerprint density at radius 1 is 1.36 bits per heavy atom. The number of carboxylic acid groups (broad SMARTS) is 1. The van der Waals surface area contributed by atoms with Gasteiger partial charge in [0.05, 0.1) is 17.8 Å². The molecule has 0 radical (unpaired) electrons. The van der Waals surface area contributed by atoms with Crippen molar-refractivity contribution in [3.8, 4) is 0 Å². The summed E-state index contributed by atoms with van der Waals surface area (Å²) in [5, 5.41) is 11.5. The van der Waals surface area contributed by atoms with Gasteiger partial charge >= 0.3 is 5.97 Å². The van der Waals surface area contributed by atoms with Gasteiger partial charge < -0.3 is 14.8 Å². The molecule has 2 N–H and O–H groups in total. The van der Waals surface area contributed by atoms with Crippen molar-refractivity contribution in [2.45, 2.75) is 33.2 Å². The molecule has 0 bridgehead atoms. The summed E-state index contributed by atoms with van der Waals surface area (Å²) < 4.78 is 5.08. The number of nitrogens with one attached hydrogen (secondary N) is 1. The third-order valence-corrected chi connectivity index (χ3v) is 3.03. The van der Waals surface area contributed by atoms with E-state index in [1.165, 1.54) is 18.3 Å². The van der Waals surface area contributed by atoms with E-state index in [1.54, 1.807) is 6.92 Å². The molecule has 0 aliphatic heterocycles. The zero-order chi connectivity index (χ0) is 16.3. The molecule has 2 heterocycles. The van der Waals surface area contributed by atoms with Crippen molar-refractivity contribution >= 4 is 11.9 Å². The van der Waals surface area contributed by atoms with Gasteiger partial charge in [-0.25, -0.2) is 14.8 Å². The Kier molecular flexibility index (Phi) is 4.55. The van der Waals surface area contributed by atoms with Crippen molar-refractivity contribution in [1.29, 1.82) is 0 Å². The molecule has 1 amide bonds. The Morgan fingerprint density at radius 3 is 2.68 bits per heavy atom. The van der Waals surface area contributed by atoms with E-state index in [4.69, 9.17) is 9.52 Å². The molecule has 7 heteroatoms. The molecule has 2 aromatic heterocycles. The average Bonchev–Trinajstić information content (AvgIpc) is 2.93. The van der Waals surface area contributed by atoms with E-state index in [0.717, 1.165) is 0 Å².